The van der Waals surface area contributed by atoms with Gasteiger partial charge < -0.3 is 9.88 Å². The third kappa shape index (κ3) is 3.07. The Bertz CT molecular complexity index is 408. The molecular weight excluding hydrogens is 248 g/mol. The van der Waals surface area contributed by atoms with Gasteiger partial charge >= 0.3 is 0 Å². The minimum Gasteiger partial charge on any atom is -0.334 e. The lowest BCUT2D eigenvalue weighted by Gasteiger charge is -2.38. The number of aryl methyl sites for hydroxylation is 1. The summed E-state index contributed by atoms with van der Waals surface area (Å²) in [6.45, 7) is 8.14. The maximum Gasteiger partial charge on any atom is 0.126 e. The van der Waals surface area contributed by atoms with Crippen molar-refractivity contribution in [2.45, 2.75) is 51.6 Å². The molecule has 4 nitrogen and oxygen atoms in total. The summed E-state index contributed by atoms with van der Waals surface area (Å²) < 4.78 is 2.32. The summed E-state index contributed by atoms with van der Waals surface area (Å²) in [5, 5.41) is 3.55. The van der Waals surface area contributed by atoms with Gasteiger partial charge in [0, 0.05) is 25.5 Å². The van der Waals surface area contributed by atoms with E-state index in [1.54, 1.807) is 0 Å². The minimum atomic E-state index is 0.542. The molecule has 1 aromatic rings. The average Bonchev–Trinajstić information content (AvgIpc) is 2.97. The van der Waals surface area contributed by atoms with Crippen LogP contribution in [0.25, 0.3) is 0 Å². The molecule has 0 bridgehead atoms. The second kappa shape index (κ2) is 6.72. The van der Waals surface area contributed by atoms with Crippen molar-refractivity contribution in [3.8, 4) is 0 Å². The summed E-state index contributed by atoms with van der Waals surface area (Å²) in [6.07, 6.45) is 10.8. The van der Waals surface area contributed by atoms with Crippen LogP contribution >= 0.6 is 0 Å². The van der Waals surface area contributed by atoms with Gasteiger partial charge in [-0.3, -0.25) is 4.90 Å². The van der Waals surface area contributed by atoms with Crippen molar-refractivity contribution in [3.05, 3.63) is 18.2 Å². The molecule has 1 N–H and O–H groups in total. The molecule has 3 heterocycles. The fourth-order valence-corrected chi connectivity index (χ4v) is 3.80. The van der Waals surface area contributed by atoms with Gasteiger partial charge in [-0.05, 0) is 58.2 Å². The van der Waals surface area contributed by atoms with Gasteiger partial charge in [-0.25, -0.2) is 4.98 Å². The van der Waals surface area contributed by atoms with Crippen LogP contribution in [-0.2, 0) is 6.54 Å². The Labute approximate surface area is 122 Å². The zero-order valence-electron chi connectivity index (χ0n) is 12.7. The van der Waals surface area contributed by atoms with Crippen LogP contribution in [0.3, 0.4) is 0 Å². The summed E-state index contributed by atoms with van der Waals surface area (Å²) in [5.41, 5.74) is 0. The Kier molecular flexibility index (Phi) is 4.73. The van der Waals surface area contributed by atoms with Crippen LogP contribution in [0.15, 0.2) is 12.4 Å². The summed E-state index contributed by atoms with van der Waals surface area (Å²) in [5.74, 6) is 2.12. The molecule has 2 saturated heterocycles. The highest BCUT2D eigenvalue weighted by molar-refractivity contribution is 5.02. The lowest BCUT2D eigenvalue weighted by Crippen LogP contribution is -2.42. The summed E-state index contributed by atoms with van der Waals surface area (Å²) in [7, 11) is 0. The Hall–Kier alpha value is -0.870. The molecule has 1 aromatic heterocycles. The van der Waals surface area contributed by atoms with Gasteiger partial charge in [0.05, 0.1) is 6.04 Å². The number of piperidine rings is 2. The molecule has 112 valence electrons. The van der Waals surface area contributed by atoms with Crippen LogP contribution in [0, 0.1) is 5.92 Å². The van der Waals surface area contributed by atoms with Crippen molar-refractivity contribution in [1.82, 2.24) is 19.8 Å². The first-order valence-corrected chi connectivity index (χ1v) is 8.34. The minimum absolute atomic E-state index is 0.542. The molecule has 0 amide bonds. The fraction of sp³-hybridized carbons (Fsp3) is 0.812. The van der Waals surface area contributed by atoms with Crippen LogP contribution in [-0.4, -0.2) is 40.6 Å². The number of hydrogen-bond donors (Lipinski definition) is 1. The van der Waals surface area contributed by atoms with E-state index < -0.39 is 0 Å². The van der Waals surface area contributed by atoms with Crippen molar-refractivity contribution in [1.29, 1.82) is 0 Å². The van der Waals surface area contributed by atoms with E-state index in [1.165, 1.54) is 64.1 Å². The van der Waals surface area contributed by atoms with E-state index in [0.717, 1.165) is 12.5 Å². The van der Waals surface area contributed by atoms with E-state index in [9.17, 15) is 0 Å². The summed E-state index contributed by atoms with van der Waals surface area (Å²) >= 11 is 0. The predicted octanol–water partition coefficient (Wildman–Crippen LogP) is 2.43. The second-order valence-corrected chi connectivity index (χ2v) is 6.29. The van der Waals surface area contributed by atoms with Gasteiger partial charge in [0.2, 0.25) is 0 Å². The molecule has 2 atom stereocenters. The topological polar surface area (TPSA) is 33.1 Å². The fourth-order valence-electron chi connectivity index (χ4n) is 3.80. The van der Waals surface area contributed by atoms with E-state index in [0.29, 0.717) is 6.04 Å². The quantitative estimate of drug-likeness (QED) is 0.917. The van der Waals surface area contributed by atoms with Gasteiger partial charge in [-0.1, -0.05) is 6.42 Å². The van der Waals surface area contributed by atoms with Crippen molar-refractivity contribution in [2.24, 2.45) is 5.92 Å². The second-order valence-electron chi connectivity index (χ2n) is 6.29. The van der Waals surface area contributed by atoms with E-state index >= 15 is 0 Å². The van der Waals surface area contributed by atoms with Crippen LogP contribution in [0.1, 0.15) is 50.9 Å². The first-order chi connectivity index (χ1) is 9.88. The molecule has 0 saturated carbocycles. The number of nitrogens with one attached hydrogen (secondary N) is 1. The number of aromatic nitrogens is 2. The van der Waals surface area contributed by atoms with Crippen LogP contribution < -0.4 is 5.32 Å². The molecule has 3 rings (SSSR count). The first-order valence-electron chi connectivity index (χ1n) is 8.34. The number of hydrogen-bond acceptors (Lipinski definition) is 3. The molecule has 2 fully saturated rings. The van der Waals surface area contributed by atoms with E-state index in [2.05, 4.69) is 32.9 Å². The predicted molar refractivity (Wildman–Crippen MR) is 81.7 cm³/mol. The molecule has 0 aliphatic carbocycles. The zero-order valence-corrected chi connectivity index (χ0v) is 12.7. The normalized spacial score (nSPS) is 28.6. The Balaban J connectivity index is 1.70. The highest BCUT2D eigenvalue weighted by Crippen LogP contribution is 2.31. The highest BCUT2D eigenvalue weighted by atomic mass is 15.2. The van der Waals surface area contributed by atoms with Gasteiger partial charge in [0.25, 0.3) is 0 Å². The van der Waals surface area contributed by atoms with Crippen molar-refractivity contribution in [3.63, 3.8) is 0 Å². The monoisotopic (exact) mass is 276 g/mol. The number of rotatable bonds is 4. The number of imidazole rings is 1. The molecule has 0 radical (unpaired) electrons. The SMILES string of the molecule is CCn1ccnc1C1CCCCN1CC1CCCNC1. The average molecular weight is 276 g/mol. The van der Waals surface area contributed by atoms with Crippen LogP contribution in [0.5, 0.6) is 0 Å². The molecule has 20 heavy (non-hydrogen) atoms. The first kappa shape index (κ1) is 14.1. The summed E-state index contributed by atoms with van der Waals surface area (Å²) in [6, 6.07) is 0.542. The Morgan fingerprint density at radius 3 is 3.05 bits per heavy atom. The molecule has 2 aliphatic rings. The van der Waals surface area contributed by atoms with E-state index in [1.807, 2.05) is 6.20 Å². The largest absolute Gasteiger partial charge is 0.334 e. The van der Waals surface area contributed by atoms with Gasteiger partial charge in [0.1, 0.15) is 5.82 Å². The molecule has 2 unspecified atom stereocenters. The molecular formula is C16H28N4. The van der Waals surface area contributed by atoms with Crippen molar-refractivity contribution >= 4 is 0 Å². The van der Waals surface area contributed by atoms with Crippen molar-refractivity contribution in [2.75, 3.05) is 26.2 Å². The van der Waals surface area contributed by atoms with Gasteiger partial charge in [-0.15, -0.1) is 0 Å². The Morgan fingerprint density at radius 2 is 2.25 bits per heavy atom. The van der Waals surface area contributed by atoms with Crippen LogP contribution in [0.4, 0.5) is 0 Å². The lowest BCUT2D eigenvalue weighted by atomic mass is 9.95. The maximum atomic E-state index is 4.66. The Morgan fingerprint density at radius 1 is 1.30 bits per heavy atom. The van der Waals surface area contributed by atoms with E-state index in [-0.39, 0.29) is 0 Å². The summed E-state index contributed by atoms with van der Waals surface area (Å²) in [4.78, 5) is 7.36. The lowest BCUT2D eigenvalue weighted by molar-refractivity contribution is 0.109. The number of nitrogens with zero attached hydrogens (tertiary/aromatic N) is 3. The van der Waals surface area contributed by atoms with Crippen molar-refractivity contribution < 1.29 is 0 Å². The standard InChI is InChI=1S/C16H28N4/c1-2-19-11-9-18-16(19)15-7-3-4-10-20(15)13-14-6-5-8-17-12-14/h9,11,14-15,17H,2-8,10,12-13H2,1H3. The zero-order chi connectivity index (χ0) is 13.8. The third-order valence-electron chi connectivity index (χ3n) is 4.89. The smallest absolute Gasteiger partial charge is 0.126 e. The maximum absolute atomic E-state index is 4.66. The molecule has 2 aliphatic heterocycles. The van der Waals surface area contributed by atoms with Gasteiger partial charge in [-0.2, -0.15) is 0 Å². The molecule has 0 aromatic carbocycles. The third-order valence-corrected chi connectivity index (χ3v) is 4.89. The van der Waals surface area contributed by atoms with E-state index in [4.69, 9.17) is 0 Å². The van der Waals surface area contributed by atoms with Crippen LogP contribution in [0.2, 0.25) is 0 Å². The number of likely N-dealkylation sites (tertiary alicyclic amines) is 1. The highest BCUT2D eigenvalue weighted by Gasteiger charge is 2.29. The molecule has 4 heteroatoms. The van der Waals surface area contributed by atoms with Gasteiger partial charge in [0.15, 0.2) is 0 Å². The molecule has 0 spiro atoms.